The van der Waals surface area contributed by atoms with E-state index in [1.807, 2.05) is 6.92 Å². The summed E-state index contributed by atoms with van der Waals surface area (Å²) in [4.78, 5) is 11.4. The molecule has 2 unspecified atom stereocenters. The van der Waals surface area contributed by atoms with Gasteiger partial charge in [0.05, 0.1) is 19.1 Å². The molecule has 94 valence electrons. The molecule has 0 saturated carbocycles. The molecule has 2 atom stereocenters. The Morgan fingerprint density at radius 1 is 1.44 bits per heavy atom. The Labute approximate surface area is 97.2 Å². The van der Waals surface area contributed by atoms with Crippen molar-refractivity contribution >= 4 is 5.97 Å². The maximum atomic E-state index is 11.4. The highest BCUT2D eigenvalue weighted by atomic mass is 16.9. The second-order valence-electron chi connectivity index (χ2n) is 4.21. The van der Waals surface area contributed by atoms with E-state index >= 15 is 0 Å². The third kappa shape index (κ3) is 4.10. The van der Waals surface area contributed by atoms with Crippen molar-refractivity contribution in [2.45, 2.75) is 65.0 Å². The van der Waals surface area contributed by atoms with Crippen molar-refractivity contribution < 1.29 is 19.0 Å². The molecule has 0 aromatic heterocycles. The summed E-state index contributed by atoms with van der Waals surface area (Å²) in [6.07, 6.45) is 4.58. The summed E-state index contributed by atoms with van der Waals surface area (Å²) < 4.78 is 16.0. The summed E-state index contributed by atoms with van der Waals surface area (Å²) in [5.41, 5.74) is 0. The Balaban J connectivity index is 2.44. The van der Waals surface area contributed by atoms with Gasteiger partial charge in [-0.3, -0.25) is 4.79 Å². The summed E-state index contributed by atoms with van der Waals surface area (Å²) in [6.45, 7) is 6.12. The molecule has 0 radical (unpaired) electrons. The number of carbonyl (C=O) groups is 1. The van der Waals surface area contributed by atoms with Crippen molar-refractivity contribution in [3.63, 3.8) is 0 Å². The average Bonchev–Trinajstić information content (AvgIpc) is 2.16. The van der Waals surface area contributed by atoms with E-state index in [0.717, 1.165) is 12.8 Å². The molecule has 0 amide bonds. The number of rotatable bonds is 6. The standard InChI is InChI=1S/C12H22O4/c1-4-6-7-8-10-9-11(13)16-12(3,15-10)14-5-2/h10H,4-9H2,1-3H3. The Bertz CT molecular complexity index is 229. The lowest BCUT2D eigenvalue weighted by Gasteiger charge is -2.36. The molecule has 0 N–H and O–H groups in total. The minimum Gasteiger partial charge on any atom is -0.408 e. The number of carbonyl (C=O) groups excluding carboxylic acids is 1. The third-order valence-electron chi connectivity index (χ3n) is 2.61. The van der Waals surface area contributed by atoms with Crippen molar-refractivity contribution in [1.29, 1.82) is 0 Å². The first kappa shape index (κ1) is 13.5. The van der Waals surface area contributed by atoms with Gasteiger partial charge in [0.1, 0.15) is 0 Å². The Morgan fingerprint density at radius 2 is 2.19 bits per heavy atom. The zero-order chi connectivity index (χ0) is 12.0. The van der Waals surface area contributed by atoms with Crippen LogP contribution >= 0.6 is 0 Å². The summed E-state index contributed by atoms with van der Waals surface area (Å²) in [5.74, 6) is -1.41. The monoisotopic (exact) mass is 230 g/mol. The lowest BCUT2D eigenvalue weighted by molar-refractivity contribution is -0.380. The van der Waals surface area contributed by atoms with E-state index in [4.69, 9.17) is 14.2 Å². The first-order valence-corrected chi connectivity index (χ1v) is 6.13. The summed E-state index contributed by atoms with van der Waals surface area (Å²) in [7, 11) is 0. The normalized spacial score (nSPS) is 30.2. The molecule has 0 aromatic carbocycles. The fourth-order valence-corrected chi connectivity index (χ4v) is 1.91. The molecule has 0 aromatic rings. The number of hydrogen-bond acceptors (Lipinski definition) is 4. The molecule has 0 bridgehead atoms. The molecule has 1 saturated heterocycles. The van der Waals surface area contributed by atoms with Crippen LogP contribution in [0.15, 0.2) is 0 Å². The molecule has 1 rings (SSSR count). The van der Waals surface area contributed by atoms with Crippen molar-refractivity contribution in [2.75, 3.05) is 6.61 Å². The van der Waals surface area contributed by atoms with E-state index in [0.29, 0.717) is 13.0 Å². The highest BCUT2D eigenvalue weighted by Crippen LogP contribution is 2.27. The van der Waals surface area contributed by atoms with Crippen molar-refractivity contribution in [2.24, 2.45) is 0 Å². The molecular weight excluding hydrogens is 208 g/mol. The third-order valence-corrected chi connectivity index (χ3v) is 2.61. The van der Waals surface area contributed by atoms with E-state index < -0.39 is 5.97 Å². The lowest BCUT2D eigenvalue weighted by atomic mass is 10.1. The molecule has 4 nitrogen and oxygen atoms in total. The molecular formula is C12H22O4. The second kappa shape index (κ2) is 6.21. The fourth-order valence-electron chi connectivity index (χ4n) is 1.91. The number of ether oxygens (including phenoxy) is 3. The van der Waals surface area contributed by atoms with Gasteiger partial charge in [-0.1, -0.05) is 26.2 Å². The summed E-state index contributed by atoms with van der Waals surface area (Å²) in [5, 5.41) is 0. The Kier molecular flexibility index (Phi) is 5.22. The highest BCUT2D eigenvalue weighted by molar-refractivity contribution is 5.70. The minimum atomic E-state index is -1.18. The van der Waals surface area contributed by atoms with Gasteiger partial charge in [0.15, 0.2) is 0 Å². The van der Waals surface area contributed by atoms with Crippen LogP contribution in [-0.2, 0) is 19.0 Å². The van der Waals surface area contributed by atoms with Gasteiger partial charge in [0, 0.05) is 6.92 Å². The number of hydrogen-bond donors (Lipinski definition) is 0. The van der Waals surface area contributed by atoms with Gasteiger partial charge in [0.2, 0.25) is 0 Å². The SMILES string of the molecule is CCCCCC1CC(=O)OC(C)(OCC)O1. The van der Waals surface area contributed by atoms with Gasteiger partial charge >= 0.3 is 11.9 Å². The first-order valence-electron chi connectivity index (χ1n) is 6.13. The zero-order valence-corrected chi connectivity index (χ0v) is 10.5. The number of esters is 1. The van der Waals surface area contributed by atoms with E-state index in [1.165, 1.54) is 12.8 Å². The summed E-state index contributed by atoms with van der Waals surface area (Å²) in [6, 6.07) is 0. The van der Waals surface area contributed by atoms with Crippen LogP contribution in [0.2, 0.25) is 0 Å². The molecule has 1 heterocycles. The van der Waals surface area contributed by atoms with Crippen LogP contribution in [0.5, 0.6) is 0 Å². The average molecular weight is 230 g/mol. The largest absolute Gasteiger partial charge is 0.408 e. The Morgan fingerprint density at radius 3 is 2.81 bits per heavy atom. The topological polar surface area (TPSA) is 44.8 Å². The summed E-state index contributed by atoms with van der Waals surface area (Å²) >= 11 is 0. The predicted molar refractivity (Wildman–Crippen MR) is 59.8 cm³/mol. The molecule has 1 fully saturated rings. The van der Waals surface area contributed by atoms with E-state index in [9.17, 15) is 4.79 Å². The first-order chi connectivity index (χ1) is 7.59. The van der Waals surface area contributed by atoms with Crippen molar-refractivity contribution in [3.05, 3.63) is 0 Å². The van der Waals surface area contributed by atoms with Gasteiger partial charge in [-0.15, -0.1) is 0 Å². The molecule has 1 aliphatic rings. The van der Waals surface area contributed by atoms with Gasteiger partial charge in [-0.05, 0) is 13.3 Å². The maximum Gasteiger partial charge on any atom is 0.326 e. The van der Waals surface area contributed by atoms with Crippen molar-refractivity contribution in [1.82, 2.24) is 0 Å². The molecule has 1 aliphatic heterocycles. The molecule has 0 spiro atoms. The van der Waals surface area contributed by atoms with E-state index in [2.05, 4.69) is 6.92 Å². The smallest absolute Gasteiger partial charge is 0.326 e. The van der Waals surface area contributed by atoms with Crippen LogP contribution in [0.4, 0.5) is 0 Å². The zero-order valence-electron chi connectivity index (χ0n) is 10.5. The highest BCUT2D eigenvalue weighted by Gasteiger charge is 2.39. The van der Waals surface area contributed by atoms with E-state index in [1.54, 1.807) is 6.92 Å². The lowest BCUT2D eigenvalue weighted by Crippen LogP contribution is -2.46. The molecule has 16 heavy (non-hydrogen) atoms. The van der Waals surface area contributed by atoms with Crippen molar-refractivity contribution in [3.8, 4) is 0 Å². The van der Waals surface area contributed by atoms with Crippen LogP contribution in [0.25, 0.3) is 0 Å². The maximum absolute atomic E-state index is 11.4. The van der Waals surface area contributed by atoms with Gasteiger partial charge < -0.3 is 14.2 Å². The van der Waals surface area contributed by atoms with E-state index in [-0.39, 0.29) is 12.1 Å². The van der Waals surface area contributed by atoms with Crippen LogP contribution in [0.3, 0.4) is 0 Å². The predicted octanol–water partition coefficient (Wildman–Crippen LogP) is 2.61. The molecule has 0 aliphatic carbocycles. The van der Waals surface area contributed by atoms with Crippen LogP contribution in [0, 0.1) is 0 Å². The van der Waals surface area contributed by atoms with Crippen LogP contribution < -0.4 is 0 Å². The minimum absolute atomic E-state index is 0.0654. The fraction of sp³-hybridized carbons (Fsp3) is 0.917. The van der Waals surface area contributed by atoms with Gasteiger partial charge in [-0.2, -0.15) is 0 Å². The van der Waals surface area contributed by atoms with Gasteiger partial charge in [0.25, 0.3) is 0 Å². The second-order valence-corrected chi connectivity index (χ2v) is 4.21. The number of cyclic esters (lactones) is 1. The van der Waals surface area contributed by atoms with Crippen LogP contribution in [-0.4, -0.2) is 24.7 Å². The van der Waals surface area contributed by atoms with Gasteiger partial charge in [-0.25, -0.2) is 0 Å². The molecule has 4 heteroatoms. The van der Waals surface area contributed by atoms with Crippen LogP contribution in [0.1, 0.15) is 52.9 Å². The quantitative estimate of drug-likeness (QED) is 0.519. The number of unbranched alkanes of at least 4 members (excludes halogenated alkanes) is 2. The Hall–Kier alpha value is -0.610.